The zero-order valence-corrected chi connectivity index (χ0v) is 19.6. The molecule has 1 N–H and O–H groups in total. The average molecular weight is 489 g/mol. The molecular formula is C24H20N6O4S. The zero-order chi connectivity index (χ0) is 24.4. The van der Waals surface area contributed by atoms with Crippen molar-refractivity contribution in [2.75, 3.05) is 18.9 Å². The number of fused-ring (bicyclic) bond motifs is 1. The molecule has 10 nitrogen and oxygen atoms in total. The van der Waals surface area contributed by atoms with Crippen molar-refractivity contribution in [2.24, 2.45) is 0 Å². The van der Waals surface area contributed by atoms with E-state index in [2.05, 4.69) is 25.0 Å². The summed E-state index contributed by atoms with van der Waals surface area (Å²) < 4.78 is 40.9. The Balaban J connectivity index is 1.50. The van der Waals surface area contributed by atoms with E-state index in [4.69, 9.17) is 9.47 Å². The molecule has 5 aromatic rings. The average Bonchev–Trinajstić information content (AvgIpc) is 3.32. The summed E-state index contributed by atoms with van der Waals surface area (Å²) in [6.07, 6.45) is 1.67. The number of anilines is 1. The highest BCUT2D eigenvalue weighted by molar-refractivity contribution is 7.92. The Labute approximate surface area is 201 Å². The molecule has 5 rings (SSSR count). The lowest BCUT2D eigenvalue weighted by molar-refractivity contribution is 0.392. The van der Waals surface area contributed by atoms with Gasteiger partial charge in [0.2, 0.25) is 5.82 Å². The number of aromatic nitrogens is 5. The normalized spacial score (nSPS) is 11.4. The minimum Gasteiger partial charge on any atom is -0.497 e. The summed E-state index contributed by atoms with van der Waals surface area (Å²) in [5.74, 6) is 1.11. The van der Waals surface area contributed by atoms with Crippen molar-refractivity contribution in [3.63, 3.8) is 0 Å². The van der Waals surface area contributed by atoms with Crippen LogP contribution in [-0.4, -0.2) is 47.4 Å². The number of methoxy groups -OCH3 is 2. The van der Waals surface area contributed by atoms with Crippen LogP contribution in [0.5, 0.6) is 11.5 Å². The minimum absolute atomic E-state index is 0.0335. The van der Waals surface area contributed by atoms with E-state index < -0.39 is 10.0 Å². The number of pyridine rings is 1. The number of hydrogen-bond acceptors (Lipinski definition) is 8. The third-order valence-corrected chi connectivity index (χ3v) is 6.63. The molecule has 35 heavy (non-hydrogen) atoms. The molecule has 0 fully saturated rings. The molecule has 0 saturated heterocycles. The predicted octanol–water partition coefficient (Wildman–Crippen LogP) is 3.67. The molecule has 0 bridgehead atoms. The number of nitrogens with zero attached hydrogens (tertiary/aromatic N) is 5. The molecule has 0 spiro atoms. The van der Waals surface area contributed by atoms with Gasteiger partial charge >= 0.3 is 0 Å². The zero-order valence-electron chi connectivity index (χ0n) is 18.8. The fraction of sp³-hybridized carbons (Fsp3) is 0.0833. The number of ether oxygens (including phenoxy) is 2. The standard InChI is InChI=1S/C24H20N6O4S/c1-33-18-9-11-21(34-2)22(15-18)35(31,32)29-17-7-5-6-16(14-17)19-10-12-23-26-27-24(30(23)28-19)20-8-3-4-13-25-20/h3-15,29H,1-2H3. The summed E-state index contributed by atoms with van der Waals surface area (Å²) >= 11 is 0. The summed E-state index contributed by atoms with van der Waals surface area (Å²) in [5, 5.41) is 13.0. The van der Waals surface area contributed by atoms with Crippen LogP contribution in [-0.2, 0) is 10.0 Å². The smallest absolute Gasteiger partial charge is 0.265 e. The summed E-state index contributed by atoms with van der Waals surface area (Å²) in [5.41, 5.74) is 2.87. The molecule has 3 heterocycles. The first-order valence-corrected chi connectivity index (χ1v) is 12.0. The summed E-state index contributed by atoms with van der Waals surface area (Å²) in [6, 6.07) is 20.6. The number of benzene rings is 2. The van der Waals surface area contributed by atoms with Crippen molar-refractivity contribution in [3.05, 3.63) is 79.0 Å². The van der Waals surface area contributed by atoms with Crippen LogP contribution >= 0.6 is 0 Å². The van der Waals surface area contributed by atoms with Gasteiger partial charge in [0.05, 0.1) is 19.9 Å². The van der Waals surface area contributed by atoms with Gasteiger partial charge in [0.25, 0.3) is 10.0 Å². The molecule has 0 amide bonds. The van der Waals surface area contributed by atoms with Crippen LogP contribution in [0.2, 0.25) is 0 Å². The Hall–Kier alpha value is -4.51. The van der Waals surface area contributed by atoms with Crippen LogP contribution in [0.25, 0.3) is 28.4 Å². The topological polar surface area (TPSA) is 121 Å². The highest BCUT2D eigenvalue weighted by Crippen LogP contribution is 2.30. The number of rotatable bonds is 7. The van der Waals surface area contributed by atoms with Crippen molar-refractivity contribution in [1.29, 1.82) is 0 Å². The van der Waals surface area contributed by atoms with E-state index in [1.54, 1.807) is 53.2 Å². The lowest BCUT2D eigenvalue weighted by Gasteiger charge is -2.13. The van der Waals surface area contributed by atoms with Crippen molar-refractivity contribution in [2.45, 2.75) is 4.90 Å². The van der Waals surface area contributed by atoms with Crippen LogP contribution in [0.1, 0.15) is 0 Å². The van der Waals surface area contributed by atoms with E-state index in [-0.39, 0.29) is 10.6 Å². The second-order valence-electron chi connectivity index (χ2n) is 7.43. The molecular weight excluding hydrogens is 468 g/mol. The van der Waals surface area contributed by atoms with Crippen molar-refractivity contribution in [3.8, 4) is 34.3 Å². The fourth-order valence-electron chi connectivity index (χ4n) is 3.54. The van der Waals surface area contributed by atoms with Gasteiger partial charge in [0, 0.05) is 23.5 Å². The second-order valence-corrected chi connectivity index (χ2v) is 9.08. The molecule has 2 aromatic carbocycles. The molecule has 11 heteroatoms. The molecule has 0 unspecified atom stereocenters. The molecule has 0 saturated carbocycles. The lowest BCUT2D eigenvalue weighted by atomic mass is 10.1. The van der Waals surface area contributed by atoms with Crippen LogP contribution in [0.3, 0.4) is 0 Å². The first-order chi connectivity index (χ1) is 17.0. The number of nitrogens with one attached hydrogen (secondary N) is 1. The Morgan fingerprint density at radius 2 is 1.74 bits per heavy atom. The highest BCUT2D eigenvalue weighted by atomic mass is 32.2. The molecule has 0 aliphatic rings. The van der Waals surface area contributed by atoms with Gasteiger partial charge in [0.1, 0.15) is 22.1 Å². The van der Waals surface area contributed by atoms with Gasteiger partial charge in [0.15, 0.2) is 5.65 Å². The lowest BCUT2D eigenvalue weighted by Crippen LogP contribution is -2.14. The quantitative estimate of drug-likeness (QED) is 0.368. The third kappa shape index (κ3) is 4.36. The van der Waals surface area contributed by atoms with E-state index in [0.717, 1.165) is 0 Å². The Morgan fingerprint density at radius 1 is 0.857 bits per heavy atom. The van der Waals surface area contributed by atoms with Crippen LogP contribution < -0.4 is 14.2 Å². The Kier molecular flexibility index (Phi) is 5.75. The van der Waals surface area contributed by atoms with Gasteiger partial charge in [-0.25, -0.2) is 8.42 Å². The SMILES string of the molecule is COc1ccc(OC)c(S(=O)(=O)Nc2cccc(-c3ccc4nnc(-c5ccccn5)n4n3)c2)c1. The molecule has 0 radical (unpaired) electrons. The number of hydrogen-bond donors (Lipinski definition) is 1. The van der Waals surface area contributed by atoms with Crippen LogP contribution in [0, 0.1) is 0 Å². The summed E-state index contributed by atoms with van der Waals surface area (Å²) in [4.78, 5) is 4.29. The maximum Gasteiger partial charge on any atom is 0.265 e. The summed E-state index contributed by atoms with van der Waals surface area (Å²) in [7, 11) is -1.09. The number of sulfonamides is 1. The maximum atomic E-state index is 13.1. The first-order valence-electron chi connectivity index (χ1n) is 10.5. The molecule has 0 aliphatic heterocycles. The van der Waals surface area contributed by atoms with Gasteiger partial charge in [-0.05, 0) is 48.5 Å². The van der Waals surface area contributed by atoms with Gasteiger partial charge in [-0.3, -0.25) is 9.71 Å². The maximum absolute atomic E-state index is 13.1. The van der Waals surface area contributed by atoms with Crippen molar-refractivity contribution in [1.82, 2.24) is 24.8 Å². The molecule has 3 aromatic heterocycles. The summed E-state index contributed by atoms with van der Waals surface area (Å²) in [6.45, 7) is 0. The van der Waals surface area contributed by atoms with Gasteiger partial charge < -0.3 is 9.47 Å². The fourth-order valence-corrected chi connectivity index (χ4v) is 4.78. The largest absolute Gasteiger partial charge is 0.497 e. The van der Waals surface area contributed by atoms with E-state index in [1.165, 1.54) is 20.3 Å². The molecule has 0 aliphatic carbocycles. The van der Waals surface area contributed by atoms with Gasteiger partial charge in [-0.15, -0.1) is 10.2 Å². The minimum atomic E-state index is -3.96. The van der Waals surface area contributed by atoms with E-state index in [0.29, 0.717) is 39.9 Å². The van der Waals surface area contributed by atoms with Crippen LogP contribution in [0.4, 0.5) is 5.69 Å². The van der Waals surface area contributed by atoms with Crippen LogP contribution in [0.15, 0.2) is 83.9 Å². The van der Waals surface area contributed by atoms with Crippen molar-refractivity contribution >= 4 is 21.4 Å². The van der Waals surface area contributed by atoms with E-state index in [1.807, 2.05) is 24.3 Å². The third-order valence-electron chi connectivity index (χ3n) is 5.23. The van der Waals surface area contributed by atoms with E-state index >= 15 is 0 Å². The predicted molar refractivity (Wildman–Crippen MR) is 130 cm³/mol. The van der Waals surface area contributed by atoms with E-state index in [9.17, 15) is 8.42 Å². The second kappa shape index (κ2) is 9.03. The highest BCUT2D eigenvalue weighted by Gasteiger charge is 2.21. The van der Waals surface area contributed by atoms with Crippen molar-refractivity contribution < 1.29 is 17.9 Å². The Morgan fingerprint density at radius 3 is 2.51 bits per heavy atom. The Bertz CT molecular complexity index is 1620. The monoisotopic (exact) mass is 488 g/mol. The molecule has 176 valence electrons. The first kappa shape index (κ1) is 22.3. The molecule has 0 atom stereocenters. The van der Waals surface area contributed by atoms with Gasteiger partial charge in [-0.1, -0.05) is 18.2 Å². The van der Waals surface area contributed by atoms with Gasteiger partial charge in [-0.2, -0.15) is 9.61 Å².